The van der Waals surface area contributed by atoms with Crippen molar-refractivity contribution < 1.29 is 17.2 Å². The molecule has 0 spiro atoms. The van der Waals surface area contributed by atoms with Gasteiger partial charge in [0.2, 0.25) is 15.9 Å². The second kappa shape index (κ2) is 6.78. The average molecular weight is 360 g/mol. The highest BCUT2D eigenvalue weighted by Gasteiger charge is 2.19. The van der Waals surface area contributed by atoms with Crippen molar-refractivity contribution in [2.45, 2.75) is 25.3 Å². The summed E-state index contributed by atoms with van der Waals surface area (Å²) in [7, 11) is -3.79. The number of rotatable bonds is 5. The van der Waals surface area contributed by atoms with Crippen molar-refractivity contribution in [1.29, 1.82) is 0 Å². The first-order valence-corrected chi connectivity index (χ1v) is 9.13. The Balaban J connectivity index is 1.80. The summed E-state index contributed by atoms with van der Waals surface area (Å²) in [6.07, 6.45) is 0. The number of nitrogens with one attached hydrogen (secondary N) is 1. The van der Waals surface area contributed by atoms with Gasteiger partial charge in [-0.2, -0.15) is 0 Å². The van der Waals surface area contributed by atoms with E-state index >= 15 is 0 Å². The van der Waals surface area contributed by atoms with E-state index in [1.165, 1.54) is 12.1 Å². The summed E-state index contributed by atoms with van der Waals surface area (Å²) >= 11 is 0. The van der Waals surface area contributed by atoms with E-state index < -0.39 is 15.8 Å². The number of halogens is 1. The molecule has 7 heteroatoms. The predicted octanol–water partition coefficient (Wildman–Crippen LogP) is 3.58. The van der Waals surface area contributed by atoms with Crippen molar-refractivity contribution in [3.05, 3.63) is 71.6 Å². The van der Waals surface area contributed by atoms with Crippen LogP contribution in [0.5, 0.6) is 0 Å². The molecule has 1 heterocycles. The number of sulfonamides is 1. The SMILES string of the molecule is Cc1cc(F)ccc1S(=O)(=O)NCc1nc(-c2ccccc2)c(C)o1. The first-order chi connectivity index (χ1) is 11.9. The quantitative estimate of drug-likeness (QED) is 0.755. The lowest BCUT2D eigenvalue weighted by Gasteiger charge is -2.07. The fourth-order valence-electron chi connectivity index (χ4n) is 2.54. The maximum Gasteiger partial charge on any atom is 0.241 e. The summed E-state index contributed by atoms with van der Waals surface area (Å²) in [6, 6.07) is 13.0. The van der Waals surface area contributed by atoms with Crippen LogP contribution in [-0.4, -0.2) is 13.4 Å². The standard InChI is InChI=1S/C18H17FN2O3S/c1-12-10-15(19)8-9-16(12)25(22,23)20-11-17-21-18(13(2)24-17)14-6-4-3-5-7-14/h3-10,20H,11H2,1-2H3. The van der Waals surface area contributed by atoms with Crippen molar-refractivity contribution in [3.8, 4) is 11.3 Å². The number of hydrogen-bond acceptors (Lipinski definition) is 4. The van der Waals surface area contributed by atoms with Crippen LogP contribution in [0.1, 0.15) is 17.2 Å². The molecule has 1 aromatic heterocycles. The van der Waals surface area contributed by atoms with Crippen LogP contribution in [-0.2, 0) is 16.6 Å². The van der Waals surface area contributed by atoms with E-state index in [-0.39, 0.29) is 17.3 Å². The topological polar surface area (TPSA) is 72.2 Å². The highest BCUT2D eigenvalue weighted by atomic mass is 32.2. The minimum absolute atomic E-state index is 0.0282. The van der Waals surface area contributed by atoms with E-state index in [0.29, 0.717) is 17.0 Å². The van der Waals surface area contributed by atoms with Crippen LogP contribution in [0.3, 0.4) is 0 Å². The summed E-state index contributed by atoms with van der Waals surface area (Å²) in [5.74, 6) is 0.394. The fourth-order valence-corrected chi connectivity index (χ4v) is 3.74. The van der Waals surface area contributed by atoms with Gasteiger partial charge in [0.15, 0.2) is 0 Å². The average Bonchev–Trinajstić information content (AvgIpc) is 2.94. The zero-order valence-electron chi connectivity index (χ0n) is 13.8. The summed E-state index contributed by atoms with van der Waals surface area (Å²) < 4.78 is 45.9. The first-order valence-electron chi connectivity index (χ1n) is 7.64. The summed E-state index contributed by atoms with van der Waals surface area (Å²) in [4.78, 5) is 4.39. The lowest BCUT2D eigenvalue weighted by atomic mass is 10.1. The number of hydrogen-bond donors (Lipinski definition) is 1. The van der Waals surface area contributed by atoms with Crippen LogP contribution in [0.15, 0.2) is 57.8 Å². The van der Waals surface area contributed by atoms with Gasteiger partial charge in [0.1, 0.15) is 17.3 Å². The molecule has 25 heavy (non-hydrogen) atoms. The maximum atomic E-state index is 13.2. The normalized spacial score (nSPS) is 11.6. The minimum atomic E-state index is -3.79. The monoisotopic (exact) mass is 360 g/mol. The van der Waals surface area contributed by atoms with Crippen LogP contribution >= 0.6 is 0 Å². The molecule has 3 aromatic rings. The molecule has 0 unspecified atom stereocenters. The molecule has 2 aromatic carbocycles. The van der Waals surface area contributed by atoms with Gasteiger partial charge in [0.25, 0.3) is 0 Å². The summed E-state index contributed by atoms with van der Waals surface area (Å²) in [5, 5.41) is 0. The van der Waals surface area contributed by atoms with Crippen molar-refractivity contribution in [2.75, 3.05) is 0 Å². The third-order valence-electron chi connectivity index (χ3n) is 3.73. The van der Waals surface area contributed by atoms with Crippen LogP contribution in [0.4, 0.5) is 4.39 Å². The maximum absolute atomic E-state index is 13.2. The Kier molecular flexibility index (Phi) is 4.69. The highest BCUT2D eigenvalue weighted by molar-refractivity contribution is 7.89. The van der Waals surface area contributed by atoms with Gasteiger partial charge >= 0.3 is 0 Å². The number of oxazole rings is 1. The largest absolute Gasteiger partial charge is 0.444 e. The minimum Gasteiger partial charge on any atom is -0.444 e. The first kappa shape index (κ1) is 17.3. The lowest BCUT2D eigenvalue weighted by Crippen LogP contribution is -2.24. The van der Waals surface area contributed by atoms with Gasteiger partial charge in [-0.1, -0.05) is 30.3 Å². The molecule has 5 nitrogen and oxygen atoms in total. The number of aromatic nitrogens is 1. The second-order valence-corrected chi connectivity index (χ2v) is 7.35. The van der Waals surface area contributed by atoms with Crippen LogP contribution in [0, 0.1) is 19.7 Å². The fraction of sp³-hybridized carbons (Fsp3) is 0.167. The van der Waals surface area contributed by atoms with E-state index in [1.807, 2.05) is 30.3 Å². The Morgan fingerprint density at radius 3 is 2.52 bits per heavy atom. The van der Waals surface area contributed by atoms with E-state index in [1.54, 1.807) is 13.8 Å². The third-order valence-corrected chi connectivity index (χ3v) is 5.29. The van der Waals surface area contributed by atoms with Gasteiger partial charge in [-0.3, -0.25) is 0 Å². The van der Waals surface area contributed by atoms with E-state index in [4.69, 9.17) is 4.42 Å². The molecule has 0 fully saturated rings. The molecule has 0 saturated heterocycles. The van der Waals surface area contributed by atoms with Gasteiger partial charge in [0, 0.05) is 5.56 Å². The molecule has 0 aliphatic carbocycles. The smallest absolute Gasteiger partial charge is 0.241 e. The van der Waals surface area contributed by atoms with Crippen LogP contribution in [0.25, 0.3) is 11.3 Å². The molecule has 3 rings (SSSR count). The van der Waals surface area contributed by atoms with Crippen molar-refractivity contribution in [3.63, 3.8) is 0 Å². The summed E-state index contributed by atoms with van der Waals surface area (Å²) in [5.41, 5.74) is 1.90. The van der Waals surface area contributed by atoms with Gasteiger partial charge in [-0.05, 0) is 37.6 Å². The number of aryl methyl sites for hydroxylation is 2. The van der Waals surface area contributed by atoms with Gasteiger partial charge < -0.3 is 4.42 Å². The number of nitrogens with zero attached hydrogens (tertiary/aromatic N) is 1. The molecule has 0 atom stereocenters. The zero-order chi connectivity index (χ0) is 18.0. The van der Waals surface area contributed by atoms with E-state index in [2.05, 4.69) is 9.71 Å². The zero-order valence-corrected chi connectivity index (χ0v) is 14.6. The molecular weight excluding hydrogens is 343 g/mol. The Labute approximate surface area is 145 Å². The molecule has 0 aliphatic rings. The Morgan fingerprint density at radius 1 is 1.12 bits per heavy atom. The van der Waals surface area contributed by atoms with Crippen molar-refractivity contribution in [2.24, 2.45) is 0 Å². The molecule has 0 aliphatic heterocycles. The van der Waals surface area contributed by atoms with Crippen LogP contribution < -0.4 is 4.72 Å². The molecule has 0 amide bonds. The van der Waals surface area contributed by atoms with Crippen LogP contribution in [0.2, 0.25) is 0 Å². The third kappa shape index (κ3) is 3.78. The van der Waals surface area contributed by atoms with Gasteiger partial charge in [-0.25, -0.2) is 22.5 Å². The highest BCUT2D eigenvalue weighted by Crippen LogP contribution is 2.23. The van der Waals surface area contributed by atoms with E-state index in [9.17, 15) is 12.8 Å². The molecule has 1 N–H and O–H groups in total. The second-order valence-electron chi connectivity index (χ2n) is 5.61. The Hall–Kier alpha value is -2.51. The Bertz CT molecular complexity index is 998. The molecule has 0 saturated carbocycles. The van der Waals surface area contributed by atoms with Gasteiger partial charge in [0.05, 0.1) is 11.4 Å². The molecule has 130 valence electrons. The predicted molar refractivity (Wildman–Crippen MR) is 91.8 cm³/mol. The molecular formula is C18H17FN2O3S. The molecule has 0 radical (unpaired) electrons. The number of benzene rings is 2. The van der Waals surface area contributed by atoms with Crippen molar-refractivity contribution in [1.82, 2.24) is 9.71 Å². The Morgan fingerprint density at radius 2 is 1.84 bits per heavy atom. The van der Waals surface area contributed by atoms with Crippen molar-refractivity contribution >= 4 is 10.0 Å². The van der Waals surface area contributed by atoms with E-state index in [0.717, 1.165) is 11.6 Å². The lowest BCUT2D eigenvalue weighted by molar-refractivity contribution is 0.463. The molecule has 0 bridgehead atoms. The summed E-state index contributed by atoms with van der Waals surface area (Å²) in [6.45, 7) is 3.23. The van der Waals surface area contributed by atoms with Gasteiger partial charge in [-0.15, -0.1) is 0 Å².